The third-order valence-electron chi connectivity index (χ3n) is 12.8. The molecule has 6 fully saturated rings. The summed E-state index contributed by atoms with van der Waals surface area (Å²) in [5.41, 5.74) is -3.93. The number of likely N-dealkylation sites (tertiary alicyclic amines) is 1. The molecular formula is C33H45NO10. The summed E-state index contributed by atoms with van der Waals surface area (Å²) in [4.78, 5) is 29.2. The van der Waals surface area contributed by atoms with Crippen molar-refractivity contribution in [2.75, 3.05) is 48.6 Å². The van der Waals surface area contributed by atoms with Gasteiger partial charge >= 0.3 is 11.9 Å². The van der Waals surface area contributed by atoms with Crippen LogP contribution in [0.15, 0.2) is 30.3 Å². The zero-order valence-electron chi connectivity index (χ0n) is 26.3. The quantitative estimate of drug-likeness (QED) is 0.410. The van der Waals surface area contributed by atoms with Gasteiger partial charge in [0.15, 0.2) is 5.60 Å². The van der Waals surface area contributed by atoms with E-state index in [0.717, 1.165) is 19.4 Å². The number of aliphatic hydroxyl groups excluding tert-OH is 1. The van der Waals surface area contributed by atoms with Crippen LogP contribution in [0, 0.1) is 34.5 Å². The lowest BCUT2D eigenvalue weighted by Crippen LogP contribution is -2.80. The molecule has 0 amide bonds. The highest BCUT2D eigenvalue weighted by atomic mass is 16.6. The molecule has 6 aliphatic rings. The monoisotopic (exact) mass is 615 g/mol. The molecular weight excluding hydrogens is 570 g/mol. The minimum atomic E-state index is -1.76. The van der Waals surface area contributed by atoms with Gasteiger partial charge in [-0.05, 0) is 44.4 Å². The van der Waals surface area contributed by atoms with E-state index in [0.29, 0.717) is 12.2 Å². The summed E-state index contributed by atoms with van der Waals surface area (Å²) in [6.45, 7) is 2.56. The van der Waals surface area contributed by atoms with Crippen molar-refractivity contribution in [2.45, 2.75) is 73.9 Å². The molecule has 1 aromatic carbocycles. The van der Waals surface area contributed by atoms with Crippen LogP contribution in [0.1, 0.15) is 36.5 Å². The second-order valence-electron chi connectivity index (χ2n) is 14.2. The predicted molar refractivity (Wildman–Crippen MR) is 154 cm³/mol. The van der Waals surface area contributed by atoms with Gasteiger partial charge in [-0.15, -0.1) is 0 Å². The van der Waals surface area contributed by atoms with E-state index in [2.05, 4.69) is 11.9 Å². The first-order valence-corrected chi connectivity index (χ1v) is 15.7. The van der Waals surface area contributed by atoms with E-state index in [1.54, 1.807) is 45.6 Å². The maximum atomic E-state index is 13.7. The smallest absolute Gasteiger partial charge is 0.338 e. The van der Waals surface area contributed by atoms with E-state index >= 15 is 0 Å². The standard InChI is InChI=1S/C33H45NO10/c1-17(35)44-33-21-19(14-31(38,28(42-6)26(33)36)27(21)43-29(37)18-10-8-7-9-11-18)32-20(40-4)12-13-30(16-39-3)15-34(2)25(32)22(33)23(41-5)24(30)32/h7-11,19-28,36,38H,12-16H2,1-6H3/t19?,20?,21?,22?,23?,24?,25-,26+,27?,28?,30+,31-,32?,33-/m1/s1. The Balaban J connectivity index is 1.51. The lowest BCUT2D eigenvalue weighted by atomic mass is 9.43. The average Bonchev–Trinajstić information content (AvgIpc) is 3.39. The molecule has 7 bridgehead atoms. The third kappa shape index (κ3) is 3.41. The number of fused-ring (bicyclic) bond motifs is 2. The van der Waals surface area contributed by atoms with Crippen LogP contribution in [0.25, 0.3) is 0 Å². The second kappa shape index (κ2) is 10.2. The summed E-state index contributed by atoms with van der Waals surface area (Å²) >= 11 is 0. The van der Waals surface area contributed by atoms with Crippen molar-refractivity contribution in [2.24, 2.45) is 34.5 Å². The largest absolute Gasteiger partial charge is 0.455 e. The van der Waals surface area contributed by atoms with Crippen molar-refractivity contribution in [1.29, 1.82) is 0 Å². The number of carbonyl (C=O) groups is 2. The van der Waals surface area contributed by atoms with Crippen LogP contribution >= 0.6 is 0 Å². The molecule has 5 saturated carbocycles. The fraction of sp³-hybridized carbons (Fsp3) is 0.758. The SMILES string of the molecule is COC[C@@]12CCC(OC)C34C5C[C@@]6(O)C(OC(=O)c7ccccc7)C5[C@@](OC(C)=O)(C(C(OC)C31)[C@H]4N(C)C2)[C@@H](O)C6OC. The molecule has 1 aliphatic heterocycles. The third-order valence-corrected chi connectivity index (χ3v) is 12.8. The number of nitrogens with zero attached hydrogens (tertiary/aromatic N) is 1. The van der Waals surface area contributed by atoms with Gasteiger partial charge in [0.05, 0.1) is 24.4 Å². The van der Waals surface area contributed by atoms with Crippen LogP contribution in [0.5, 0.6) is 0 Å². The fourth-order valence-electron chi connectivity index (χ4n) is 12.3. The lowest BCUT2D eigenvalue weighted by Gasteiger charge is -2.69. The number of carbonyl (C=O) groups excluding carboxylic acids is 2. The molecule has 7 rings (SSSR count). The van der Waals surface area contributed by atoms with Gasteiger partial charge in [-0.1, -0.05) is 18.2 Å². The summed E-state index contributed by atoms with van der Waals surface area (Å²) in [6, 6.07) is 8.39. The molecule has 2 N–H and O–H groups in total. The van der Waals surface area contributed by atoms with Gasteiger partial charge < -0.3 is 43.5 Å². The molecule has 1 saturated heterocycles. The molecule has 1 aromatic rings. The van der Waals surface area contributed by atoms with Gasteiger partial charge in [0, 0.05) is 76.5 Å². The first-order chi connectivity index (χ1) is 21.0. The van der Waals surface area contributed by atoms with E-state index in [4.69, 9.17) is 28.4 Å². The number of rotatable bonds is 8. The van der Waals surface area contributed by atoms with Gasteiger partial charge in [0.1, 0.15) is 23.9 Å². The lowest BCUT2D eigenvalue weighted by molar-refractivity contribution is -0.316. The van der Waals surface area contributed by atoms with Crippen LogP contribution in [0.2, 0.25) is 0 Å². The van der Waals surface area contributed by atoms with Gasteiger partial charge in [0.2, 0.25) is 0 Å². The number of piperidine rings is 1. The molecule has 242 valence electrons. The molecule has 0 radical (unpaired) electrons. The Morgan fingerprint density at radius 3 is 2.36 bits per heavy atom. The van der Waals surface area contributed by atoms with Gasteiger partial charge in [-0.2, -0.15) is 0 Å². The molecule has 1 heterocycles. The van der Waals surface area contributed by atoms with Crippen LogP contribution in [-0.2, 0) is 33.2 Å². The predicted octanol–water partition coefficient (Wildman–Crippen LogP) is 1.29. The van der Waals surface area contributed by atoms with Crippen molar-refractivity contribution >= 4 is 11.9 Å². The molecule has 1 spiro atoms. The number of hydrogen-bond acceptors (Lipinski definition) is 11. The number of benzene rings is 1. The van der Waals surface area contributed by atoms with E-state index in [1.807, 2.05) is 6.07 Å². The minimum Gasteiger partial charge on any atom is -0.455 e. The Morgan fingerprint density at radius 1 is 1.02 bits per heavy atom. The number of esters is 2. The number of methoxy groups -OCH3 is 4. The van der Waals surface area contributed by atoms with Crippen molar-refractivity contribution < 1.29 is 48.2 Å². The summed E-state index contributed by atoms with van der Waals surface area (Å²) in [7, 11) is 8.63. The summed E-state index contributed by atoms with van der Waals surface area (Å²) in [5.74, 6) is -2.96. The Morgan fingerprint density at radius 2 is 1.75 bits per heavy atom. The maximum absolute atomic E-state index is 13.7. The second-order valence-corrected chi connectivity index (χ2v) is 14.2. The normalized spacial score (nSPS) is 49.9. The maximum Gasteiger partial charge on any atom is 0.338 e. The van der Waals surface area contributed by atoms with Gasteiger partial charge in [-0.3, -0.25) is 4.79 Å². The topological polar surface area (TPSA) is 133 Å². The van der Waals surface area contributed by atoms with E-state index < -0.39 is 64.8 Å². The molecule has 44 heavy (non-hydrogen) atoms. The Kier molecular flexibility index (Phi) is 7.07. The summed E-state index contributed by atoms with van der Waals surface area (Å²) in [6.07, 6.45) is -2.66. The van der Waals surface area contributed by atoms with Crippen molar-refractivity contribution in [3.05, 3.63) is 35.9 Å². The van der Waals surface area contributed by atoms with Gasteiger partial charge in [0.25, 0.3) is 0 Å². The molecule has 11 nitrogen and oxygen atoms in total. The number of ether oxygens (including phenoxy) is 6. The zero-order chi connectivity index (χ0) is 31.4. The fourth-order valence-corrected chi connectivity index (χ4v) is 12.3. The van der Waals surface area contributed by atoms with E-state index in [9.17, 15) is 19.8 Å². The first-order valence-electron chi connectivity index (χ1n) is 15.7. The van der Waals surface area contributed by atoms with Crippen molar-refractivity contribution in [1.82, 2.24) is 4.90 Å². The molecule has 9 unspecified atom stereocenters. The van der Waals surface area contributed by atoms with Crippen LogP contribution in [-0.4, -0.2) is 123 Å². The van der Waals surface area contributed by atoms with Crippen molar-refractivity contribution in [3.63, 3.8) is 0 Å². The van der Waals surface area contributed by atoms with Crippen molar-refractivity contribution in [3.8, 4) is 0 Å². The number of hydrogen-bond donors (Lipinski definition) is 2. The molecule has 5 aliphatic carbocycles. The minimum absolute atomic E-state index is 0.103. The molecule has 11 heteroatoms. The zero-order valence-corrected chi connectivity index (χ0v) is 26.3. The van der Waals surface area contributed by atoms with Crippen LogP contribution in [0.3, 0.4) is 0 Å². The number of aliphatic hydroxyl groups is 2. The average molecular weight is 616 g/mol. The highest BCUT2D eigenvalue weighted by Crippen LogP contribution is 2.80. The Hall–Kier alpha value is -2.12. The molecule has 0 aromatic heterocycles. The highest BCUT2D eigenvalue weighted by molar-refractivity contribution is 5.89. The van der Waals surface area contributed by atoms with E-state index in [1.165, 1.54) is 14.0 Å². The molecule has 14 atom stereocenters. The first kappa shape index (κ1) is 30.5. The Labute approximate surface area is 258 Å². The van der Waals surface area contributed by atoms with Gasteiger partial charge in [-0.25, -0.2) is 4.79 Å². The highest BCUT2D eigenvalue weighted by Gasteiger charge is 2.91. The summed E-state index contributed by atoms with van der Waals surface area (Å²) < 4.78 is 37.5. The Bertz CT molecular complexity index is 1310. The summed E-state index contributed by atoms with van der Waals surface area (Å²) in [5, 5.41) is 25.1. The van der Waals surface area contributed by atoms with Crippen LogP contribution < -0.4 is 0 Å². The van der Waals surface area contributed by atoms with E-state index in [-0.39, 0.29) is 35.8 Å². The van der Waals surface area contributed by atoms with Crippen LogP contribution in [0.4, 0.5) is 0 Å².